The molecule has 3 nitrogen and oxygen atoms in total. The van der Waals surface area contributed by atoms with Crippen LogP contribution in [-0.2, 0) is 10.0 Å². The van der Waals surface area contributed by atoms with Crippen molar-refractivity contribution in [2.45, 2.75) is 44.6 Å². The molecule has 0 radical (unpaired) electrons. The van der Waals surface area contributed by atoms with Gasteiger partial charge in [0.05, 0.1) is 4.90 Å². The van der Waals surface area contributed by atoms with Crippen molar-refractivity contribution >= 4 is 10.0 Å². The first kappa shape index (κ1) is 14.2. The molecule has 0 heterocycles. The Kier molecular flexibility index (Phi) is 4.71. The maximum absolute atomic E-state index is 12.4. The molecule has 96 valence electrons. The number of hydrogen-bond acceptors (Lipinski definition) is 2. The predicted molar refractivity (Wildman–Crippen MR) is 70.5 cm³/mol. The summed E-state index contributed by atoms with van der Waals surface area (Å²) in [4.78, 5) is 0.411. The molecular formula is C13H21NO2S. The van der Waals surface area contributed by atoms with Gasteiger partial charge in [0.1, 0.15) is 0 Å². The molecule has 1 aromatic rings. The van der Waals surface area contributed by atoms with Gasteiger partial charge in [0.15, 0.2) is 0 Å². The second kappa shape index (κ2) is 5.65. The predicted octanol–water partition coefficient (Wildman–Crippen LogP) is 2.80. The van der Waals surface area contributed by atoms with Crippen LogP contribution >= 0.6 is 0 Å². The van der Waals surface area contributed by atoms with E-state index in [2.05, 4.69) is 0 Å². The normalized spacial score (nSPS) is 12.4. The van der Waals surface area contributed by atoms with Crippen LogP contribution in [0.15, 0.2) is 29.2 Å². The Hall–Kier alpha value is -0.870. The van der Waals surface area contributed by atoms with E-state index in [1.165, 1.54) is 4.31 Å². The summed E-state index contributed by atoms with van der Waals surface area (Å²) in [6.45, 7) is 5.85. The molecule has 0 bridgehead atoms. The highest BCUT2D eigenvalue weighted by Gasteiger charge is 2.26. The van der Waals surface area contributed by atoms with Crippen molar-refractivity contribution < 1.29 is 8.42 Å². The molecule has 17 heavy (non-hydrogen) atoms. The van der Waals surface area contributed by atoms with Gasteiger partial charge in [0.2, 0.25) is 10.0 Å². The third kappa shape index (κ3) is 2.87. The van der Waals surface area contributed by atoms with Gasteiger partial charge < -0.3 is 0 Å². The smallest absolute Gasteiger partial charge is 0.207 e. The third-order valence-electron chi connectivity index (χ3n) is 3.21. The van der Waals surface area contributed by atoms with Gasteiger partial charge in [0, 0.05) is 13.1 Å². The van der Waals surface area contributed by atoms with Crippen molar-refractivity contribution in [3.8, 4) is 0 Å². The van der Waals surface area contributed by atoms with Gasteiger partial charge in [-0.15, -0.1) is 0 Å². The van der Waals surface area contributed by atoms with E-state index in [4.69, 9.17) is 0 Å². The zero-order chi connectivity index (χ0) is 13.1. The van der Waals surface area contributed by atoms with E-state index >= 15 is 0 Å². The lowest BCUT2D eigenvalue weighted by atomic mass is 10.2. The minimum absolute atomic E-state index is 0.0691. The van der Waals surface area contributed by atoms with Gasteiger partial charge in [-0.25, -0.2) is 8.42 Å². The summed E-state index contributed by atoms with van der Waals surface area (Å²) < 4.78 is 26.4. The summed E-state index contributed by atoms with van der Waals surface area (Å²) >= 11 is 0. The van der Waals surface area contributed by atoms with Gasteiger partial charge in [-0.1, -0.05) is 32.0 Å². The molecule has 0 aliphatic heterocycles. The maximum Gasteiger partial charge on any atom is 0.243 e. The third-order valence-corrected chi connectivity index (χ3v) is 5.28. The van der Waals surface area contributed by atoms with E-state index in [-0.39, 0.29) is 6.04 Å². The lowest BCUT2D eigenvalue weighted by Crippen LogP contribution is -2.36. The van der Waals surface area contributed by atoms with Crippen molar-refractivity contribution in [3.63, 3.8) is 0 Å². The summed E-state index contributed by atoms with van der Waals surface area (Å²) in [5.74, 6) is 0. The van der Waals surface area contributed by atoms with Crippen LogP contribution in [0.5, 0.6) is 0 Å². The Morgan fingerprint density at radius 1 is 1.18 bits per heavy atom. The number of hydrogen-bond donors (Lipinski definition) is 0. The van der Waals surface area contributed by atoms with Gasteiger partial charge in [-0.2, -0.15) is 4.31 Å². The summed E-state index contributed by atoms with van der Waals surface area (Å²) in [6, 6.07) is 7.18. The number of nitrogens with zero attached hydrogens (tertiary/aromatic N) is 1. The average molecular weight is 255 g/mol. The lowest BCUT2D eigenvalue weighted by Gasteiger charge is -2.26. The molecule has 0 aliphatic carbocycles. The van der Waals surface area contributed by atoms with Gasteiger partial charge in [-0.05, 0) is 31.4 Å². The maximum atomic E-state index is 12.4. The lowest BCUT2D eigenvalue weighted by molar-refractivity contribution is 0.349. The Bertz CT molecular complexity index is 464. The Morgan fingerprint density at radius 3 is 2.18 bits per heavy atom. The molecule has 0 aliphatic rings. The fourth-order valence-corrected chi connectivity index (χ4v) is 3.73. The second-order valence-corrected chi connectivity index (χ2v) is 6.22. The van der Waals surface area contributed by atoms with Crippen LogP contribution < -0.4 is 0 Å². The highest BCUT2D eigenvalue weighted by molar-refractivity contribution is 7.89. The van der Waals surface area contributed by atoms with Crippen LogP contribution in [0, 0.1) is 6.92 Å². The van der Waals surface area contributed by atoms with E-state index in [9.17, 15) is 8.42 Å². The second-order valence-electron chi connectivity index (χ2n) is 4.26. The molecule has 0 saturated carbocycles. The SMILES string of the molecule is CCC(CC)N(C)S(=O)(=O)c1ccccc1C. The minimum atomic E-state index is -3.36. The molecule has 0 saturated heterocycles. The van der Waals surface area contributed by atoms with Crippen LogP contribution in [0.2, 0.25) is 0 Å². The molecule has 0 atom stereocenters. The van der Waals surface area contributed by atoms with Crippen molar-refractivity contribution in [1.29, 1.82) is 0 Å². The van der Waals surface area contributed by atoms with Gasteiger partial charge in [-0.3, -0.25) is 0 Å². The fourth-order valence-electron chi connectivity index (χ4n) is 2.00. The van der Waals surface area contributed by atoms with Crippen LogP contribution in [0.3, 0.4) is 0 Å². The zero-order valence-electron chi connectivity index (χ0n) is 11.0. The highest BCUT2D eigenvalue weighted by Crippen LogP contribution is 2.22. The number of benzene rings is 1. The summed E-state index contributed by atoms with van der Waals surface area (Å²) in [5, 5.41) is 0. The van der Waals surface area contributed by atoms with E-state index in [0.717, 1.165) is 18.4 Å². The minimum Gasteiger partial charge on any atom is -0.207 e. The summed E-state index contributed by atoms with van der Waals surface area (Å²) in [6.07, 6.45) is 1.66. The molecule has 4 heteroatoms. The molecule has 1 aromatic carbocycles. The van der Waals surface area contributed by atoms with Gasteiger partial charge >= 0.3 is 0 Å². The first-order chi connectivity index (χ1) is 7.95. The molecule has 0 N–H and O–H groups in total. The number of aryl methyl sites for hydroxylation is 1. The monoisotopic (exact) mass is 255 g/mol. The molecule has 0 unspecified atom stereocenters. The van der Waals surface area contributed by atoms with E-state index < -0.39 is 10.0 Å². The van der Waals surface area contributed by atoms with E-state index in [1.54, 1.807) is 19.2 Å². The molecule has 1 rings (SSSR count). The zero-order valence-corrected chi connectivity index (χ0v) is 11.8. The molecule has 0 amide bonds. The quantitative estimate of drug-likeness (QED) is 0.811. The van der Waals surface area contributed by atoms with Crippen LogP contribution in [0.25, 0.3) is 0 Å². The topological polar surface area (TPSA) is 37.4 Å². The average Bonchev–Trinajstić information content (AvgIpc) is 2.30. The van der Waals surface area contributed by atoms with E-state index in [1.807, 2.05) is 32.9 Å². The van der Waals surface area contributed by atoms with Gasteiger partial charge in [0.25, 0.3) is 0 Å². The molecular weight excluding hydrogens is 234 g/mol. The first-order valence-corrected chi connectivity index (χ1v) is 7.42. The van der Waals surface area contributed by atoms with Crippen LogP contribution in [-0.4, -0.2) is 25.8 Å². The Labute approximate surface area is 105 Å². The largest absolute Gasteiger partial charge is 0.243 e. The Balaban J connectivity index is 3.16. The standard InChI is InChI=1S/C13H21NO2S/c1-5-12(6-2)14(4)17(15,16)13-10-8-7-9-11(13)3/h7-10,12H,5-6H2,1-4H3. The molecule has 0 aromatic heterocycles. The summed E-state index contributed by atoms with van der Waals surface area (Å²) in [5.41, 5.74) is 0.797. The number of rotatable bonds is 5. The molecule has 0 fully saturated rings. The van der Waals surface area contributed by atoms with Crippen LogP contribution in [0.1, 0.15) is 32.3 Å². The van der Waals surface area contributed by atoms with Crippen molar-refractivity contribution in [2.75, 3.05) is 7.05 Å². The van der Waals surface area contributed by atoms with E-state index in [0.29, 0.717) is 4.90 Å². The highest BCUT2D eigenvalue weighted by atomic mass is 32.2. The van der Waals surface area contributed by atoms with Crippen molar-refractivity contribution in [1.82, 2.24) is 4.31 Å². The number of sulfonamides is 1. The molecule has 0 spiro atoms. The van der Waals surface area contributed by atoms with Crippen LogP contribution in [0.4, 0.5) is 0 Å². The van der Waals surface area contributed by atoms with Crippen molar-refractivity contribution in [3.05, 3.63) is 29.8 Å². The van der Waals surface area contributed by atoms with Crippen molar-refractivity contribution in [2.24, 2.45) is 0 Å². The fraction of sp³-hybridized carbons (Fsp3) is 0.538. The Morgan fingerprint density at radius 2 is 1.71 bits per heavy atom. The summed E-state index contributed by atoms with van der Waals surface area (Å²) in [7, 11) is -1.69. The first-order valence-electron chi connectivity index (χ1n) is 5.98.